The lowest BCUT2D eigenvalue weighted by Crippen LogP contribution is -2.46. The largest absolute Gasteiger partial charge is 0.355 e. The Balaban J connectivity index is 2.02. The Labute approximate surface area is 116 Å². The van der Waals surface area contributed by atoms with Gasteiger partial charge in [-0.3, -0.25) is 9.59 Å². The fraction of sp³-hybridized carbons (Fsp3) is 0.385. The van der Waals surface area contributed by atoms with Crippen LogP contribution in [-0.2, 0) is 4.79 Å². The zero-order valence-corrected chi connectivity index (χ0v) is 11.5. The smallest absolute Gasteiger partial charge is 0.251 e. The highest BCUT2D eigenvalue weighted by atomic mass is 32.2. The molecule has 3 N–H and O–H groups in total. The fourth-order valence-corrected chi connectivity index (χ4v) is 2.78. The van der Waals surface area contributed by atoms with E-state index in [-0.39, 0.29) is 17.9 Å². The van der Waals surface area contributed by atoms with Gasteiger partial charge in [-0.1, -0.05) is 6.07 Å². The molecule has 0 bridgehead atoms. The first-order valence-electron chi connectivity index (χ1n) is 6.15. The van der Waals surface area contributed by atoms with Crippen molar-refractivity contribution in [3.05, 3.63) is 29.8 Å². The number of rotatable bonds is 3. The van der Waals surface area contributed by atoms with Crippen LogP contribution < -0.4 is 16.0 Å². The molecule has 1 unspecified atom stereocenters. The zero-order valence-electron chi connectivity index (χ0n) is 10.7. The number of hydrogen-bond donors (Lipinski definition) is 3. The van der Waals surface area contributed by atoms with Crippen molar-refractivity contribution in [1.29, 1.82) is 0 Å². The van der Waals surface area contributed by atoms with Crippen LogP contribution in [0.3, 0.4) is 0 Å². The molecule has 1 aliphatic rings. The van der Waals surface area contributed by atoms with E-state index >= 15 is 0 Å². The quantitative estimate of drug-likeness (QED) is 0.761. The van der Waals surface area contributed by atoms with E-state index in [1.54, 1.807) is 43.1 Å². The fourth-order valence-electron chi connectivity index (χ4n) is 1.85. The molecule has 1 heterocycles. The van der Waals surface area contributed by atoms with Gasteiger partial charge < -0.3 is 16.0 Å². The van der Waals surface area contributed by atoms with E-state index in [1.165, 1.54) is 0 Å². The molecule has 2 rings (SSSR count). The summed E-state index contributed by atoms with van der Waals surface area (Å²) >= 11 is 1.77. The van der Waals surface area contributed by atoms with Crippen molar-refractivity contribution in [2.24, 2.45) is 0 Å². The van der Waals surface area contributed by atoms with E-state index in [9.17, 15) is 9.59 Å². The van der Waals surface area contributed by atoms with Crippen LogP contribution in [0.2, 0.25) is 0 Å². The number of anilines is 1. The number of benzene rings is 1. The van der Waals surface area contributed by atoms with Crippen LogP contribution in [0.1, 0.15) is 10.4 Å². The number of nitrogens with one attached hydrogen (secondary N) is 3. The van der Waals surface area contributed by atoms with Gasteiger partial charge in [0.15, 0.2) is 0 Å². The van der Waals surface area contributed by atoms with E-state index in [4.69, 9.17) is 0 Å². The summed E-state index contributed by atoms with van der Waals surface area (Å²) in [5.74, 6) is 1.60. The summed E-state index contributed by atoms with van der Waals surface area (Å²) in [6.07, 6.45) is 0. The van der Waals surface area contributed by atoms with Gasteiger partial charge in [0.2, 0.25) is 5.91 Å². The summed E-state index contributed by atoms with van der Waals surface area (Å²) in [6, 6.07) is 6.75. The van der Waals surface area contributed by atoms with Crippen molar-refractivity contribution in [3.63, 3.8) is 0 Å². The molecular weight excluding hydrogens is 262 g/mol. The molecule has 0 radical (unpaired) electrons. The summed E-state index contributed by atoms with van der Waals surface area (Å²) < 4.78 is 0. The Hall–Kier alpha value is -1.53. The molecular formula is C13H17N3O2S. The minimum absolute atomic E-state index is 0.0544. The van der Waals surface area contributed by atoms with Gasteiger partial charge in [-0.25, -0.2) is 0 Å². The van der Waals surface area contributed by atoms with Crippen LogP contribution in [0.25, 0.3) is 0 Å². The normalized spacial score (nSPS) is 18.7. The molecule has 0 aromatic heterocycles. The van der Waals surface area contributed by atoms with E-state index < -0.39 is 0 Å². The predicted octanol–water partition coefficient (Wildman–Crippen LogP) is 0.690. The third-order valence-corrected chi connectivity index (χ3v) is 3.92. The Kier molecular flexibility index (Phi) is 4.81. The summed E-state index contributed by atoms with van der Waals surface area (Å²) in [5, 5.41) is 8.57. The molecule has 1 fully saturated rings. The predicted molar refractivity (Wildman–Crippen MR) is 77.6 cm³/mol. The van der Waals surface area contributed by atoms with Crippen molar-refractivity contribution >= 4 is 29.3 Å². The van der Waals surface area contributed by atoms with Crippen molar-refractivity contribution < 1.29 is 9.59 Å². The van der Waals surface area contributed by atoms with Crippen LogP contribution in [0.15, 0.2) is 24.3 Å². The Morgan fingerprint density at radius 3 is 2.95 bits per heavy atom. The van der Waals surface area contributed by atoms with Crippen molar-refractivity contribution in [3.8, 4) is 0 Å². The molecule has 1 aromatic carbocycles. The summed E-state index contributed by atoms with van der Waals surface area (Å²) in [5.41, 5.74) is 1.18. The Morgan fingerprint density at radius 1 is 1.42 bits per heavy atom. The van der Waals surface area contributed by atoms with Crippen molar-refractivity contribution in [1.82, 2.24) is 10.6 Å². The number of thioether (sulfide) groups is 1. The lowest BCUT2D eigenvalue weighted by Gasteiger charge is -2.22. The van der Waals surface area contributed by atoms with Crippen LogP contribution in [-0.4, -0.2) is 43.0 Å². The maximum Gasteiger partial charge on any atom is 0.251 e. The molecule has 0 saturated carbocycles. The monoisotopic (exact) mass is 279 g/mol. The average Bonchev–Trinajstić information content (AvgIpc) is 2.47. The van der Waals surface area contributed by atoms with Gasteiger partial charge >= 0.3 is 0 Å². The van der Waals surface area contributed by atoms with Gasteiger partial charge in [-0.2, -0.15) is 11.8 Å². The summed E-state index contributed by atoms with van der Waals surface area (Å²) in [7, 11) is 1.58. The SMILES string of the molecule is CNC(=O)c1cccc(NC(=O)C2CSCCN2)c1. The van der Waals surface area contributed by atoms with Gasteiger partial charge in [0.1, 0.15) is 0 Å². The van der Waals surface area contributed by atoms with Crippen LogP contribution in [0, 0.1) is 0 Å². The Bertz CT molecular complexity index is 473. The molecule has 6 heteroatoms. The molecule has 0 aliphatic carbocycles. The number of hydrogen-bond acceptors (Lipinski definition) is 4. The molecule has 0 spiro atoms. The van der Waals surface area contributed by atoms with Crippen LogP contribution in [0.4, 0.5) is 5.69 Å². The summed E-state index contributed by atoms with van der Waals surface area (Å²) in [6.45, 7) is 0.848. The van der Waals surface area contributed by atoms with E-state index in [2.05, 4.69) is 16.0 Å². The average molecular weight is 279 g/mol. The Morgan fingerprint density at radius 2 is 2.26 bits per heavy atom. The van der Waals surface area contributed by atoms with E-state index in [0.29, 0.717) is 11.3 Å². The molecule has 1 saturated heterocycles. The highest BCUT2D eigenvalue weighted by Crippen LogP contribution is 2.13. The first-order chi connectivity index (χ1) is 9.20. The first kappa shape index (κ1) is 13.9. The minimum Gasteiger partial charge on any atom is -0.355 e. The van der Waals surface area contributed by atoms with Gasteiger partial charge in [-0.15, -0.1) is 0 Å². The molecule has 1 aromatic rings. The zero-order chi connectivity index (χ0) is 13.7. The lowest BCUT2D eigenvalue weighted by atomic mass is 10.2. The minimum atomic E-state index is -0.164. The number of carbonyl (C=O) groups excluding carboxylic acids is 2. The van der Waals surface area contributed by atoms with Gasteiger partial charge in [0.25, 0.3) is 5.91 Å². The van der Waals surface area contributed by atoms with E-state index in [0.717, 1.165) is 18.1 Å². The molecule has 2 amide bonds. The highest BCUT2D eigenvalue weighted by molar-refractivity contribution is 7.99. The molecule has 5 nitrogen and oxygen atoms in total. The molecule has 1 aliphatic heterocycles. The second kappa shape index (κ2) is 6.58. The van der Waals surface area contributed by atoms with Crippen LogP contribution in [0.5, 0.6) is 0 Å². The number of carbonyl (C=O) groups is 2. The standard InChI is InChI=1S/C13H17N3O2S/c1-14-12(17)9-3-2-4-10(7-9)16-13(18)11-8-19-6-5-15-11/h2-4,7,11,15H,5-6,8H2,1H3,(H,14,17)(H,16,18). The van der Waals surface area contributed by atoms with Crippen molar-refractivity contribution in [2.45, 2.75) is 6.04 Å². The second-order valence-electron chi connectivity index (χ2n) is 4.23. The third-order valence-electron chi connectivity index (χ3n) is 2.86. The van der Waals surface area contributed by atoms with Gasteiger partial charge in [0, 0.05) is 36.3 Å². The summed E-state index contributed by atoms with van der Waals surface area (Å²) in [4.78, 5) is 23.5. The molecule has 102 valence electrons. The maximum absolute atomic E-state index is 12.0. The van der Waals surface area contributed by atoms with Gasteiger partial charge in [0.05, 0.1) is 6.04 Å². The maximum atomic E-state index is 12.0. The number of amides is 2. The molecule has 1 atom stereocenters. The van der Waals surface area contributed by atoms with Crippen LogP contribution >= 0.6 is 11.8 Å². The highest BCUT2D eigenvalue weighted by Gasteiger charge is 2.20. The molecule has 19 heavy (non-hydrogen) atoms. The lowest BCUT2D eigenvalue weighted by molar-refractivity contribution is -0.117. The third kappa shape index (κ3) is 3.71. The van der Waals surface area contributed by atoms with Crippen molar-refractivity contribution in [2.75, 3.05) is 30.4 Å². The first-order valence-corrected chi connectivity index (χ1v) is 7.30. The topological polar surface area (TPSA) is 70.2 Å². The second-order valence-corrected chi connectivity index (χ2v) is 5.38. The van der Waals surface area contributed by atoms with E-state index in [1.807, 2.05) is 0 Å². The van der Waals surface area contributed by atoms with Gasteiger partial charge in [-0.05, 0) is 18.2 Å².